The fraction of sp³-hybridized carbons (Fsp3) is 0.500. The van der Waals surface area contributed by atoms with E-state index in [4.69, 9.17) is 20.4 Å². The van der Waals surface area contributed by atoms with Crippen LogP contribution in [-0.2, 0) is 46.3 Å². The zero-order valence-corrected chi connectivity index (χ0v) is 9.92. The molecule has 1 rings (SSSR count). The first-order chi connectivity index (χ1) is 7.77. The largest absolute Gasteiger partial charge is 0.481 e. The first kappa shape index (κ1) is 16.6. The van der Waals surface area contributed by atoms with Gasteiger partial charge in [-0.25, -0.2) is 9.59 Å². The Hall–Kier alpha value is -1.42. The Balaban J connectivity index is 0.00000289. The van der Waals surface area contributed by atoms with Crippen molar-refractivity contribution in [2.75, 3.05) is 0 Å². The van der Waals surface area contributed by atoms with Gasteiger partial charge < -0.3 is 25.2 Å². The van der Waals surface area contributed by atoms with Gasteiger partial charge in [0.15, 0.2) is 12.2 Å². The summed E-state index contributed by atoms with van der Waals surface area (Å²) in [6.45, 7) is 0. The maximum absolute atomic E-state index is 10.8. The van der Waals surface area contributed by atoms with Crippen molar-refractivity contribution in [3.8, 4) is 0 Å². The van der Waals surface area contributed by atoms with Crippen LogP contribution in [-0.4, -0.2) is 56.5 Å². The van der Waals surface area contributed by atoms with E-state index in [0.717, 1.165) is 0 Å². The van der Waals surface area contributed by atoms with Crippen LogP contribution in [0.4, 0.5) is 0 Å². The fourth-order valence-electron chi connectivity index (χ4n) is 1.69. The van der Waals surface area contributed by atoms with Crippen molar-refractivity contribution in [2.45, 2.75) is 12.2 Å². The van der Waals surface area contributed by atoms with E-state index in [1.54, 1.807) is 0 Å². The molecule has 4 unspecified atom stereocenters. The normalized spacial score (nSPS) is 30.2. The molecule has 10 heteroatoms. The SMILES string of the molecule is O=C(O)C1OC(C(=O)O)C(C(=O)O)C1C(=O)O.[Ag]. The topological polar surface area (TPSA) is 158 Å². The first-order valence-electron chi connectivity index (χ1n) is 4.34. The Morgan fingerprint density at radius 1 is 0.667 bits per heavy atom. The van der Waals surface area contributed by atoms with Crippen LogP contribution >= 0.6 is 0 Å². The van der Waals surface area contributed by atoms with E-state index >= 15 is 0 Å². The van der Waals surface area contributed by atoms with Gasteiger partial charge in [0.25, 0.3) is 0 Å². The second-order valence-electron chi connectivity index (χ2n) is 3.38. The third-order valence-electron chi connectivity index (χ3n) is 2.39. The number of aliphatic carboxylic acids is 4. The number of carbonyl (C=O) groups is 4. The van der Waals surface area contributed by atoms with Crippen molar-refractivity contribution >= 4 is 23.9 Å². The molecule has 0 bridgehead atoms. The van der Waals surface area contributed by atoms with Crippen LogP contribution < -0.4 is 0 Å². The average molecular weight is 356 g/mol. The molecule has 0 aliphatic carbocycles. The second-order valence-corrected chi connectivity index (χ2v) is 3.38. The summed E-state index contributed by atoms with van der Waals surface area (Å²) in [5.41, 5.74) is 0. The van der Waals surface area contributed by atoms with Gasteiger partial charge in [0, 0.05) is 22.4 Å². The Kier molecular flexibility index (Phi) is 5.49. The number of rotatable bonds is 4. The van der Waals surface area contributed by atoms with Gasteiger partial charge in [-0.15, -0.1) is 0 Å². The molecule has 105 valence electrons. The van der Waals surface area contributed by atoms with Crippen molar-refractivity contribution in [2.24, 2.45) is 11.8 Å². The van der Waals surface area contributed by atoms with Gasteiger partial charge in [0.05, 0.1) is 0 Å². The second kappa shape index (κ2) is 5.96. The van der Waals surface area contributed by atoms with Gasteiger partial charge >= 0.3 is 23.9 Å². The summed E-state index contributed by atoms with van der Waals surface area (Å²) < 4.78 is 4.47. The molecule has 4 N–H and O–H groups in total. The van der Waals surface area contributed by atoms with E-state index < -0.39 is 47.9 Å². The number of hydrogen-bond acceptors (Lipinski definition) is 5. The molecule has 18 heavy (non-hydrogen) atoms. The van der Waals surface area contributed by atoms with Crippen LogP contribution in [0.5, 0.6) is 0 Å². The number of carboxylic acids is 4. The standard InChI is InChI=1S/C8H8O9.Ag/c9-5(10)1-2(6(11)12)4(8(15)16)17-3(1)7(13)14;/h1-4H,(H,9,10)(H,11,12)(H,13,14)(H,15,16);. The third kappa shape index (κ3) is 2.88. The Morgan fingerprint density at radius 3 is 1.11 bits per heavy atom. The minimum Gasteiger partial charge on any atom is -0.481 e. The molecule has 1 heterocycles. The van der Waals surface area contributed by atoms with Crippen LogP contribution in [0.1, 0.15) is 0 Å². The predicted molar refractivity (Wildman–Crippen MR) is 46.2 cm³/mol. The van der Waals surface area contributed by atoms with E-state index in [1.807, 2.05) is 0 Å². The van der Waals surface area contributed by atoms with Crippen LogP contribution in [0, 0.1) is 11.8 Å². The van der Waals surface area contributed by atoms with E-state index in [1.165, 1.54) is 0 Å². The number of carboxylic acid groups (broad SMARTS) is 4. The predicted octanol–water partition coefficient (Wildman–Crippen LogP) is -1.68. The van der Waals surface area contributed by atoms with Crippen molar-refractivity contribution in [3.63, 3.8) is 0 Å². The van der Waals surface area contributed by atoms with E-state index in [0.29, 0.717) is 0 Å². The van der Waals surface area contributed by atoms with Gasteiger partial charge in [-0.3, -0.25) is 9.59 Å². The molecule has 4 atom stereocenters. The van der Waals surface area contributed by atoms with Crippen LogP contribution in [0.25, 0.3) is 0 Å². The minimum absolute atomic E-state index is 0. The molecule has 1 radical (unpaired) electrons. The van der Waals surface area contributed by atoms with E-state index in [-0.39, 0.29) is 22.4 Å². The van der Waals surface area contributed by atoms with Gasteiger partial charge in [-0.1, -0.05) is 0 Å². The Bertz CT molecular complexity index is 356. The van der Waals surface area contributed by atoms with Crippen molar-refractivity contribution < 1.29 is 66.7 Å². The minimum atomic E-state index is -1.99. The van der Waals surface area contributed by atoms with Crippen molar-refractivity contribution in [1.29, 1.82) is 0 Å². The molecule has 0 spiro atoms. The smallest absolute Gasteiger partial charge is 0.333 e. The molecule has 0 saturated carbocycles. The molecule has 1 aliphatic heterocycles. The molecule has 0 amide bonds. The summed E-state index contributed by atoms with van der Waals surface area (Å²) in [5.74, 6) is -10.8. The van der Waals surface area contributed by atoms with Crippen molar-refractivity contribution in [3.05, 3.63) is 0 Å². The Labute approximate surface area is 115 Å². The average Bonchev–Trinajstić information content (AvgIpc) is 2.56. The summed E-state index contributed by atoms with van der Waals surface area (Å²) in [7, 11) is 0. The summed E-state index contributed by atoms with van der Waals surface area (Å²) in [6, 6.07) is 0. The quantitative estimate of drug-likeness (QED) is 0.432. The maximum Gasteiger partial charge on any atom is 0.333 e. The molecule has 1 saturated heterocycles. The van der Waals surface area contributed by atoms with Crippen molar-refractivity contribution in [1.82, 2.24) is 0 Å². The molecule has 9 nitrogen and oxygen atoms in total. The maximum atomic E-state index is 10.8. The molecular formula is C8H8AgO9. The Morgan fingerprint density at radius 2 is 0.944 bits per heavy atom. The monoisotopic (exact) mass is 355 g/mol. The van der Waals surface area contributed by atoms with Crippen LogP contribution in [0.2, 0.25) is 0 Å². The first-order valence-corrected chi connectivity index (χ1v) is 4.34. The molecule has 0 aromatic heterocycles. The summed E-state index contributed by atoms with van der Waals surface area (Å²) in [6.07, 6.45) is -3.98. The molecule has 1 fully saturated rings. The van der Waals surface area contributed by atoms with E-state index in [2.05, 4.69) is 4.74 Å². The molecular weight excluding hydrogens is 348 g/mol. The molecule has 0 aromatic carbocycles. The van der Waals surface area contributed by atoms with Gasteiger partial charge in [0.2, 0.25) is 0 Å². The van der Waals surface area contributed by atoms with Gasteiger partial charge in [-0.05, 0) is 0 Å². The van der Waals surface area contributed by atoms with Gasteiger partial charge in [0.1, 0.15) is 11.8 Å². The summed E-state index contributed by atoms with van der Waals surface area (Å²) in [4.78, 5) is 43.0. The third-order valence-corrected chi connectivity index (χ3v) is 2.39. The molecule has 1 aliphatic rings. The van der Waals surface area contributed by atoms with Crippen LogP contribution in [0.15, 0.2) is 0 Å². The van der Waals surface area contributed by atoms with E-state index in [9.17, 15) is 19.2 Å². The van der Waals surface area contributed by atoms with Gasteiger partial charge in [-0.2, -0.15) is 0 Å². The fourth-order valence-corrected chi connectivity index (χ4v) is 1.69. The zero-order chi connectivity index (χ0) is 13.3. The summed E-state index contributed by atoms with van der Waals surface area (Å²) in [5, 5.41) is 34.8. The summed E-state index contributed by atoms with van der Waals surface area (Å²) >= 11 is 0. The number of hydrogen-bond donors (Lipinski definition) is 4. The molecule has 0 aromatic rings. The zero-order valence-electron chi connectivity index (χ0n) is 8.44. The number of ether oxygens (including phenoxy) is 1. The van der Waals surface area contributed by atoms with Crippen LogP contribution in [0.3, 0.4) is 0 Å².